The van der Waals surface area contributed by atoms with Crippen LogP contribution in [0.4, 0.5) is 0 Å². The highest BCUT2D eigenvalue weighted by Crippen LogP contribution is 2.39. The lowest BCUT2D eigenvalue weighted by atomic mass is 9.76. The SMILES string of the molecule is CCCCCC1CCC(c2ccc(C3CCC(C(=O)O)CC3)cc2)CC1. The van der Waals surface area contributed by atoms with Crippen LogP contribution in [0.3, 0.4) is 0 Å². The molecule has 2 saturated carbocycles. The van der Waals surface area contributed by atoms with E-state index in [-0.39, 0.29) is 5.92 Å². The minimum absolute atomic E-state index is 0.113. The van der Waals surface area contributed by atoms with Gasteiger partial charge in [0.1, 0.15) is 0 Å². The van der Waals surface area contributed by atoms with Crippen molar-refractivity contribution < 1.29 is 9.90 Å². The Kier molecular flexibility index (Phi) is 7.16. The average molecular weight is 357 g/mol. The molecule has 2 aliphatic rings. The van der Waals surface area contributed by atoms with E-state index in [4.69, 9.17) is 5.11 Å². The number of carboxylic acids is 1. The molecule has 1 N–H and O–H groups in total. The van der Waals surface area contributed by atoms with Crippen LogP contribution in [0.5, 0.6) is 0 Å². The molecule has 3 rings (SSSR count). The van der Waals surface area contributed by atoms with E-state index in [1.54, 1.807) is 0 Å². The molecule has 0 bridgehead atoms. The predicted octanol–water partition coefficient (Wildman–Crippen LogP) is 6.90. The summed E-state index contributed by atoms with van der Waals surface area (Å²) in [5.74, 6) is 1.58. The summed E-state index contributed by atoms with van der Waals surface area (Å²) in [6.07, 6.45) is 14.9. The van der Waals surface area contributed by atoms with E-state index in [9.17, 15) is 4.79 Å². The third-order valence-corrected chi connectivity index (χ3v) is 7.02. The van der Waals surface area contributed by atoms with E-state index in [0.29, 0.717) is 5.92 Å². The minimum Gasteiger partial charge on any atom is -0.481 e. The molecule has 0 saturated heterocycles. The van der Waals surface area contributed by atoms with Crippen LogP contribution in [0.25, 0.3) is 0 Å². The van der Waals surface area contributed by atoms with Gasteiger partial charge >= 0.3 is 5.97 Å². The van der Waals surface area contributed by atoms with Crippen LogP contribution in [-0.4, -0.2) is 11.1 Å². The fourth-order valence-corrected chi connectivity index (χ4v) is 5.18. The molecular formula is C24H36O2. The summed E-state index contributed by atoms with van der Waals surface area (Å²) in [5.41, 5.74) is 2.95. The van der Waals surface area contributed by atoms with Gasteiger partial charge in [0.25, 0.3) is 0 Å². The zero-order valence-corrected chi connectivity index (χ0v) is 16.5. The third kappa shape index (κ3) is 5.11. The van der Waals surface area contributed by atoms with Crippen LogP contribution < -0.4 is 0 Å². The molecule has 0 radical (unpaired) electrons. The lowest BCUT2D eigenvalue weighted by Gasteiger charge is -2.30. The summed E-state index contributed by atoms with van der Waals surface area (Å²) in [4.78, 5) is 11.1. The fraction of sp³-hybridized carbons (Fsp3) is 0.708. The van der Waals surface area contributed by atoms with Crippen LogP contribution in [-0.2, 0) is 4.79 Å². The van der Waals surface area contributed by atoms with Crippen LogP contribution in [0.2, 0.25) is 0 Å². The van der Waals surface area contributed by atoms with Gasteiger partial charge < -0.3 is 5.11 Å². The van der Waals surface area contributed by atoms with Gasteiger partial charge in [0.15, 0.2) is 0 Å². The average Bonchev–Trinajstić information content (AvgIpc) is 2.69. The van der Waals surface area contributed by atoms with E-state index < -0.39 is 5.97 Å². The van der Waals surface area contributed by atoms with E-state index in [2.05, 4.69) is 31.2 Å². The van der Waals surface area contributed by atoms with Gasteiger partial charge in [0, 0.05) is 0 Å². The third-order valence-electron chi connectivity index (χ3n) is 7.02. The van der Waals surface area contributed by atoms with Crippen molar-refractivity contribution in [2.24, 2.45) is 11.8 Å². The van der Waals surface area contributed by atoms with Gasteiger partial charge in [-0.3, -0.25) is 4.79 Å². The highest BCUT2D eigenvalue weighted by Gasteiger charge is 2.27. The Labute approximate surface area is 159 Å². The molecule has 0 heterocycles. The standard InChI is InChI=1S/C24H36O2/c1-2-3-4-5-18-6-8-19(9-7-18)20-10-12-21(13-11-20)22-14-16-23(17-15-22)24(25)26/h10-13,18-19,22-23H,2-9,14-17H2,1H3,(H,25,26). The minimum atomic E-state index is -0.607. The van der Waals surface area contributed by atoms with Crippen LogP contribution in [0.15, 0.2) is 24.3 Å². The van der Waals surface area contributed by atoms with Gasteiger partial charge in [0.05, 0.1) is 5.92 Å². The van der Waals surface area contributed by atoms with E-state index in [0.717, 1.165) is 37.5 Å². The number of carboxylic acid groups (broad SMARTS) is 1. The van der Waals surface area contributed by atoms with Crippen molar-refractivity contribution >= 4 is 5.97 Å². The van der Waals surface area contributed by atoms with E-state index in [1.165, 1.54) is 62.5 Å². The summed E-state index contributed by atoms with van der Waals surface area (Å²) < 4.78 is 0. The van der Waals surface area contributed by atoms with Crippen molar-refractivity contribution in [1.82, 2.24) is 0 Å². The summed E-state index contributed by atoms with van der Waals surface area (Å²) in [6, 6.07) is 9.38. The molecule has 1 aromatic rings. The highest BCUT2D eigenvalue weighted by atomic mass is 16.4. The summed E-state index contributed by atoms with van der Waals surface area (Å²) in [6.45, 7) is 2.29. The Bertz CT molecular complexity index is 546. The van der Waals surface area contributed by atoms with Crippen LogP contribution in [0, 0.1) is 11.8 Å². The Morgan fingerprint density at radius 3 is 1.81 bits per heavy atom. The number of aliphatic carboxylic acids is 1. The van der Waals surface area contributed by atoms with Gasteiger partial charge in [-0.15, -0.1) is 0 Å². The second-order valence-corrected chi connectivity index (χ2v) is 8.77. The quantitative estimate of drug-likeness (QED) is 0.539. The molecule has 2 heteroatoms. The van der Waals surface area contributed by atoms with Gasteiger partial charge in [-0.05, 0) is 80.2 Å². The maximum atomic E-state index is 11.1. The molecular weight excluding hydrogens is 320 g/mol. The summed E-state index contributed by atoms with van der Waals surface area (Å²) >= 11 is 0. The molecule has 0 unspecified atom stereocenters. The first-order valence-corrected chi connectivity index (χ1v) is 11.0. The number of rotatable bonds is 7. The van der Waals surface area contributed by atoms with Crippen molar-refractivity contribution in [2.75, 3.05) is 0 Å². The van der Waals surface area contributed by atoms with E-state index >= 15 is 0 Å². The largest absolute Gasteiger partial charge is 0.481 e. The van der Waals surface area contributed by atoms with Crippen molar-refractivity contribution in [2.45, 2.75) is 95.8 Å². The first-order chi connectivity index (χ1) is 12.7. The van der Waals surface area contributed by atoms with Crippen molar-refractivity contribution in [3.63, 3.8) is 0 Å². The molecule has 0 spiro atoms. The van der Waals surface area contributed by atoms with Gasteiger partial charge in [-0.25, -0.2) is 0 Å². The van der Waals surface area contributed by atoms with Crippen molar-refractivity contribution in [3.8, 4) is 0 Å². The second kappa shape index (κ2) is 9.58. The van der Waals surface area contributed by atoms with Crippen LogP contribution in [0.1, 0.15) is 107 Å². The maximum absolute atomic E-state index is 11.1. The lowest BCUT2D eigenvalue weighted by molar-refractivity contribution is -0.142. The molecule has 1 aromatic carbocycles. The Hall–Kier alpha value is -1.31. The lowest BCUT2D eigenvalue weighted by Crippen LogP contribution is -2.20. The molecule has 0 aliphatic heterocycles. The number of hydrogen-bond acceptors (Lipinski definition) is 1. The van der Waals surface area contributed by atoms with Gasteiger partial charge in [-0.2, -0.15) is 0 Å². The first-order valence-electron chi connectivity index (χ1n) is 11.0. The Balaban J connectivity index is 1.47. The summed E-state index contributed by atoms with van der Waals surface area (Å²) in [7, 11) is 0. The highest BCUT2D eigenvalue weighted by molar-refractivity contribution is 5.70. The number of unbranched alkanes of at least 4 members (excludes halogenated alkanes) is 2. The maximum Gasteiger partial charge on any atom is 0.306 e. The number of hydrogen-bond donors (Lipinski definition) is 1. The molecule has 0 amide bonds. The first kappa shape index (κ1) is 19.5. The molecule has 0 aromatic heterocycles. The van der Waals surface area contributed by atoms with Gasteiger partial charge in [0.2, 0.25) is 0 Å². The second-order valence-electron chi connectivity index (χ2n) is 8.77. The molecule has 2 fully saturated rings. The monoisotopic (exact) mass is 356 g/mol. The zero-order valence-electron chi connectivity index (χ0n) is 16.5. The Morgan fingerprint density at radius 2 is 1.35 bits per heavy atom. The molecule has 2 nitrogen and oxygen atoms in total. The normalized spacial score (nSPS) is 29.4. The number of benzene rings is 1. The van der Waals surface area contributed by atoms with Crippen LogP contribution >= 0.6 is 0 Å². The van der Waals surface area contributed by atoms with Crippen molar-refractivity contribution in [3.05, 3.63) is 35.4 Å². The van der Waals surface area contributed by atoms with Crippen molar-refractivity contribution in [1.29, 1.82) is 0 Å². The summed E-state index contributed by atoms with van der Waals surface area (Å²) in [5, 5.41) is 9.15. The molecule has 2 aliphatic carbocycles. The fourth-order valence-electron chi connectivity index (χ4n) is 5.18. The Morgan fingerprint density at radius 1 is 0.846 bits per heavy atom. The number of carbonyl (C=O) groups is 1. The topological polar surface area (TPSA) is 37.3 Å². The molecule has 26 heavy (non-hydrogen) atoms. The molecule has 0 atom stereocenters. The van der Waals surface area contributed by atoms with Gasteiger partial charge in [-0.1, -0.05) is 56.9 Å². The van der Waals surface area contributed by atoms with E-state index in [1.807, 2.05) is 0 Å². The smallest absolute Gasteiger partial charge is 0.306 e. The predicted molar refractivity (Wildman–Crippen MR) is 108 cm³/mol. The molecule has 144 valence electrons. The zero-order chi connectivity index (χ0) is 18.4.